The normalized spacial score (nSPS) is 11.6. The van der Waals surface area contributed by atoms with E-state index in [0.29, 0.717) is 35.7 Å². The lowest BCUT2D eigenvalue weighted by molar-refractivity contribution is -0.116. The van der Waals surface area contributed by atoms with Crippen LogP contribution in [0.4, 0.5) is 11.4 Å². The van der Waals surface area contributed by atoms with Gasteiger partial charge in [-0.2, -0.15) is 0 Å². The standard InChI is InChI=1S/C27H31N3O4/c1-19(22-9-5-7-11-24(22)33-3)30(2)18-17-26(31)28-21-15-13-20(14-16-21)27(32)29-23-10-6-8-12-25(23)34-4/h5-16,19H,17-18H2,1-4H3,(H,28,31)(H,29,32). The van der Waals surface area contributed by atoms with Gasteiger partial charge in [0.25, 0.3) is 5.91 Å². The molecule has 3 rings (SSSR count). The minimum atomic E-state index is -0.255. The van der Waals surface area contributed by atoms with Crippen molar-refractivity contribution in [2.45, 2.75) is 19.4 Å². The van der Waals surface area contributed by atoms with Gasteiger partial charge in [-0.1, -0.05) is 30.3 Å². The fourth-order valence-corrected chi connectivity index (χ4v) is 3.59. The molecule has 0 aliphatic heterocycles. The molecule has 0 fully saturated rings. The van der Waals surface area contributed by atoms with Crippen LogP contribution in [0.2, 0.25) is 0 Å². The largest absolute Gasteiger partial charge is 0.496 e. The number of carbonyl (C=O) groups excluding carboxylic acids is 2. The maximum atomic E-state index is 12.6. The minimum Gasteiger partial charge on any atom is -0.496 e. The smallest absolute Gasteiger partial charge is 0.255 e. The van der Waals surface area contributed by atoms with Crippen molar-refractivity contribution in [3.63, 3.8) is 0 Å². The molecule has 0 saturated heterocycles. The molecule has 3 aromatic carbocycles. The van der Waals surface area contributed by atoms with E-state index in [2.05, 4.69) is 22.5 Å². The van der Waals surface area contributed by atoms with Gasteiger partial charge in [0.1, 0.15) is 11.5 Å². The number of benzene rings is 3. The molecule has 34 heavy (non-hydrogen) atoms. The minimum absolute atomic E-state index is 0.0923. The van der Waals surface area contributed by atoms with Gasteiger partial charge in [0.15, 0.2) is 0 Å². The Morgan fingerprint density at radius 2 is 1.47 bits per heavy atom. The lowest BCUT2D eigenvalue weighted by Crippen LogP contribution is -2.27. The van der Waals surface area contributed by atoms with Crippen LogP contribution < -0.4 is 20.1 Å². The molecule has 0 aromatic heterocycles. The zero-order valence-corrected chi connectivity index (χ0v) is 20.0. The average Bonchev–Trinajstić information content (AvgIpc) is 2.87. The monoisotopic (exact) mass is 461 g/mol. The van der Waals surface area contributed by atoms with E-state index in [1.54, 1.807) is 50.6 Å². The zero-order chi connectivity index (χ0) is 24.5. The third-order valence-electron chi connectivity index (χ3n) is 5.73. The molecule has 0 aliphatic rings. The van der Waals surface area contributed by atoms with Gasteiger partial charge in [-0.25, -0.2) is 0 Å². The number of methoxy groups -OCH3 is 2. The number of amides is 2. The van der Waals surface area contributed by atoms with Crippen molar-refractivity contribution in [2.24, 2.45) is 0 Å². The first-order chi connectivity index (χ1) is 16.4. The van der Waals surface area contributed by atoms with E-state index in [-0.39, 0.29) is 17.9 Å². The van der Waals surface area contributed by atoms with Crippen LogP contribution in [-0.2, 0) is 4.79 Å². The van der Waals surface area contributed by atoms with Gasteiger partial charge in [0.2, 0.25) is 5.91 Å². The summed E-state index contributed by atoms with van der Waals surface area (Å²) in [6, 6.07) is 22.0. The Kier molecular flexibility index (Phi) is 8.65. The Hall–Kier alpha value is -3.84. The molecule has 7 nitrogen and oxygen atoms in total. The van der Waals surface area contributed by atoms with E-state index >= 15 is 0 Å². The Balaban J connectivity index is 1.52. The molecule has 3 aromatic rings. The van der Waals surface area contributed by atoms with Crippen molar-refractivity contribution >= 4 is 23.2 Å². The van der Waals surface area contributed by atoms with Gasteiger partial charge in [0, 0.05) is 35.8 Å². The van der Waals surface area contributed by atoms with Crippen LogP contribution in [0.25, 0.3) is 0 Å². The Bertz CT molecular complexity index is 1110. The molecule has 0 saturated carbocycles. The summed E-state index contributed by atoms with van der Waals surface area (Å²) < 4.78 is 10.7. The first-order valence-corrected chi connectivity index (χ1v) is 11.1. The lowest BCUT2D eigenvalue weighted by atomic mass is 10.1. The zero-order valence-electron chi connectivity index (χ0n) is 20.0. The maximum absolute atomic E-state index is 12.6. The molecule has 7 heteroatoms. The maximum Gasteiger partial charge on any atom is 0.255 e. The molecular formula is C27H31N3O4. The van der Waals surface area contributed by atoms with Crippen LogP contribution in [0, 0.1) is 0 Å². The molecule has 0 aliphatic carbocycles. The molecule has 1 unspecified atom stereocenters. The number of hydrogen-bond acceptors (Lipinski definition) is 5. The third-order valence-corrected chi connectivity index (χ3v) is 5.73. The number of nitrogens with zero attached hydrogens (tertiary/aromatic N) is 1. The average molecular weight is 462 g/mol. The number of para-hydroxylation sites is 3. The highest BCUT2D eigenvalue weighted by atomic mass is 16.5. The number of rotatable bonds is 10. The van der Waals surface area contributed by atoms with Crippen molar-refractivity contribution in [1.82, 2.24) is 4.90 Å². The number of carbonyl (C=O) groups is 2. The highest BCUT2D eigenvalue weighted by Gasteiger charge is 2.17. The van der Waals surface area contributed by atoms with Gasteiger partial charge >= 0.3 is 0 Å². The predicted molar refractivity (Wildman–Crippen MR) is 135 cm³/mol. The predicted octanol–water partition coefficient (Wildman–Crippen LogP) is 4.98. The van der Waals surface area contributed by atoms with Crippen LogP contribution in [0.5, 0.6) is 11.5 Å². The van der Waals surface area contributed by atoms with Crippen LogP contribution in [0.3, 0.4) is 0 Å². The lowest BCUT2D eigenvalue weighted by Gasteiger charge is -2.26. The van der Waals surface area contributed by atoms with Gasteiger partial charge in [0.05, 0.1) is 19.9 Å². The summed E-state index contributed by atoms with van der Waals surface area (Å²) in [6.45, 7) is 2.68. The van der Waals surface area contributed by atoms with Crippen LogP contribution in [0.1, 0.15) is 35.3 Å². The van der Waals surface area contributed by atoms with Gasteiger partial charge in [-0.05, 0) is 56.4 Å². The highest BCUT2D eigenvalue weighted by molar-refractivity contribution is 6.05. The van der Waals surface area contributed by atoms with Crippen LogP contribution in [0.15, 0.2) is 72.8 Å². The van der Waals surface area contributed by atoms with Crippen molar-refractivity contribution in [2.75, 3.05) is 38.4 Å². The van der Waals surface area contributed by atoms with Gasteiger partial charge < -0.3 is 20.1 Å². The van der Waals surface area contributed by atoms with E-state index in [9.17, 15) is 9.59 Å². The molecule has 0 radical (unpaired) electrons. The Morgan fingerprint density at radius 3 is 2.15 bits per heavy atom. The molecule has 0 bridgehead atoms. The first kappa shape index (κ1) is 24.8. The van der Waals surface area contributed by atoms with E-state index in [1.165, 1.54) is 0 Å². The van der Waals surface area contributed by atoms with Gasteiger partial charge in [-0.3, -0.25) is 14.5 Å². The molecular weight excluding hydrogens is 430 g/mol. The first-order valence-electron chi connectivity index (χ1n) is 11.1. The van der Waals surface area contributed by atoms with E-state index in [4.69, 9.17) is 9.47 Å². The summed E-state index contributed by atoms with van der Waals surface area (Å²) in [6.07, 6.45) is 0.339. The van der Waals surface area contributed by atoms with Crippen molar-refractivity contribution < 1.29 is 19.1 Å². The quantitative estimate of drug-likeness (QED) is 0.445. The highest BCUT2D eigenvalue weighted by Crippen LogP contribution is 2.28. The van der Waals surface area contributed by atoms with E-state index in [0.717, 1.165) is 11.3 Å². The summed E-state index contributed by atoms with van der Waals surface area (Å²) >= 11 is 0. The number of nitrogens with one attached hydrogen (secondary N) is 2. The second-order valence-electron chi connectivity index (χ2n) is 7.93. The van der Waals surface area contributed by atoms with Crippen molar-refractivity contribution in [3.05, 3.63) is 83.9 Å². The molecule has 178 valence electrons. The Morgan fingerprint density at radius 1 is 0.853 bits per heavy atom. The molecule has 2 amide bonds. The van der Waals surface area contributed by atoms with Crippen LogP contribution >= 0.6 is 0 Å². The molecule has 0 heterocycles. The topological polar surface area (TPSA) is 79.9 Å². The van der Waals surface area contributed by atoms with Crippen LogP contribution in [-0.4, -0.2) is 44.5 Å². The summed E-state index contributed by atoms with van der Waals surface area (Å²) in [4.78, 5) is 27.1. The second kappa shape index (κ2) is 11.9. The van der Waals surface area contributed by atoms with Crippen molar-refractivity contribution in [3.8, 4) is 11.5 Å². The summed E-state index contributed by atoms with van der Waals surface area (Å²) in [5, 5.41) is 5.73. The number of hydrogen-bond donors (Lipinski definition) is 2. The summed E-state index contributed by atoms with van der Waals surface area (Å²) in [5.41, 5.74) is 2.79. The summed E-state index contributed by atoms with van der Waals surface area (Å²) in [5.74, 6) is 1.07. The second-order valence-corrected chi connectivity index (χ2v) is 7.93. The van der Waals surface area contributed by atoms with Gasteiger partial charge in [-0.15, -0.1) is 0 Å². The fourth-order valence-electron chi connectivity index (χ4n) is 3.59. The van der Waals surface area contributed by atoms with Crippen molar-refractivity contribution in [1.29, 1.82) is 0 Å². The number of anilines is 2. The fraction of sp³-hybridized carbons (Fsp3) is 0.259. The number of ether oxygens (including phenoxy) is 2. The van der Waals surface area contributed by atoms with E-state index < -0.39 is 0 Å². The molecule has 0 spiro atoms. The third kappa shape index (κ3) is 6.36. The Labute approximate surface area is 200 Å². The molecule has 1 atom stereocenters. The summed E-state index contributed by atoms with van der Waals surface area (Å²) in [7, 11) is 5.20. The molecule has 2 N–H and O–H groups in total. The van der Waals surface area contributed by atoms with E-state index in [1.807, 2.05) is 43.4 Å². The SMILES string of the molecule is COc1ccccc1NC(=O)c1ccc(NC(=O)CCN(C)C(C)c2ccccc2OC)cc1.